The van der Waals surface area contributed by atoms with Gasteiger partial charge in [-0.15, -0.1) is 0 Å². The van der Waals surface area contributed by atoms with Crippen LogP contribution in [0.4, 0.5) is 13.2 Å². The highest BCUT2D eigenvalue weighted by atomic mass is 35.5. The Morgan fingerprint density at radius 3 is 2.17 bits per heavy atom. The van der Waals surface area contributed by atoms with Crippen LogP contribution < -0.4 is 5.32 Å². The maximum Gasteiger partial charge on any atom is 0.431 e. The van der Waals surface area contributed by atoms with Gasteiger partial charge in [-0.25, -0.2) is 0 Å². The van der Waals surface area contributed by atoms with Crippen LogP contribution in [0.3, 0.4) is 0 Å². The summed E-state index contributed by atoms with van der Waals surface area (Å²) in [6, 6.07) is -0.700. The van der Waals surface area contributed by atoms with E-state index in [1.807, 2.05) is 0 Å². The first-order chi connectivity index (χ1) is 18.4. The lowest BCUT2D eigenvalue weighted by atomic mass is 9.74. The number of halogens is 5. The number of carbonyl (C=O) groups excluding carboxylic acids is 3. The van der Waals surface area contributed by atoms with Crippen molar-refractivity contribution in [3.05, 3.63) is 39.3 Å². The average molecular weight is 608 g/mol. The summed E-state index contributed by atoms with van der Waals surface area (Å²) in [5, 5.41) is 10.1. The number of ether oxygens (including phenoxy) is 1. The van der Waals surface area contributed by atoms with Crippen molar-refractivity contribution in [2.75, 3.05) is 19.7 Å². The number of rotatable bonds is 10. The van der Waals surface area contributed by atoms with E-state index in [1.165, 1.54) is 12.4 Å². The predicted molar refractivity (Wildman–Crippen MR) is 147 cm³/mol. The molecule has 0 saturated heterocycles. The summed E-state index contributed by atoms with van der Waals surface area (Å²) in [6.45, 7) is 8.15. The number of esters is 1. The van der Waals surface area contributed by atoms with Gasteiger partial charge in [0.25, 0.3) is 5.91 Å². The minimum absolute atomic E-state index is 0.0618. The molecule has 0 aliphatic heterocycles. The number of ketones is 1. The predicted octanol–water partition coefficient (Wildman–Crippen LogP) is 6.01. The van der Waals surface area contributed by atoms with E-state index in [0.717, 1.165) is 4.90 Å². The van der Waals surface area contributed by atoms with Crippen LogP contribution in [0.2, 0.25) is 10.0 Å². The third-order valence-corrected chi connectivity index (χ3v) is 7.13. The van der Waals surface area contributed by atoms with Crippen LogP contribution >= 0.6 is 23.2 Å². The number of aromatic nitrogens is 1. The molecule has 0 aromatic carbocycles. The zero-order chi connectivity index (χ0) is 30.5. The smallest absolute Gasteiger partial charge is 0.431 e. The Kier molecular flexibility index (Phi) is 11.2. The monoisotopic (exact) mass is 606 g/mol. The zero-order valence-corrected chi connectivity index (χ0v) is 24.7. The second kappa shape index (κ2) is 13.3. The zero-order valence-electron chi connectivity index (χ0n) is 23.2. The van der Waals surface area contributed by atoms with Crippen molar-refractivity contribution < 1.29 is 32.3 Å². The standard InChI is InChI=1S/C27H35Cl2F3N4O4/c1-6-40-24(39)26(5)9-7-16(8-10-26)35-22(27(30,31)32)17(11-33)23(38)36(15-25(2,3)4)14-20(37)21-18(28)12-34-13-19(21)29/h11-13,16,33,35H,6-10,14-15H2,1-5H3/b22-17+,33-11?/t16-,26-. The van der Waals surface area contributed by atoms with Crippen molar-refractivity contribution >= 4 is 47.1 Å². The molecule has 1 aliphatic rings. The number of nitrogens with one attached hydrogen (secondary N) is 2. The largest absolute Gasteiger partial charge is 0.466 e. The number of Topliss-reactive ketones (excluding diaryl/α,β-unsaturated/α-hetero) is 1. The number of hydrogen-bond donors (Lipinski definition) is 2. The maximum atomic E-state index is 14.3. The molecular formula is C27H35Cl2F3N4O4. The summed E-state index contributed by atoms with van der Waals surface area (Å²) in [7, 11) is 0. The number of carbonyl (C=O) groups is 3. The molecule has 222 valence electrons. The highest BCUT2D eigenvalue weighted by Crippen LogP contribution is 2.38. The van der Waals surface area contributed by atoms with Gasteiger partial charge in [0.1, 0.15) is 5.70 Å². The van der Waals surface area contributed by atoms with Crippen molar-refractivity contribution in [3.63, 3.8) is 0 Å². The maximum absolute atomic E-state index is 14.3. The van der Waals surface area contributed by atoms with Gasteiger partial charge in [-0.1, -0.05) is 44.0 Å². The van der Waals surface area contributed by atoms with Gasteiger partial charge >= 0.3 is 12.1 Å². The van der Waals surface area contributed by atoms with Gasteiger partial charge in [-0.3, -0.25) is 19.4 Å². The van der Waals surface area contributed by atoms with E-state index in [9.17, 15) is 27.6 Å². The third-order valence-electron chi connectivity index (χ3n) is 6.55. The van der Waals surface area contributed by atoms with Gasteiger partial charge < -0.3 is 20.4 Å². The second-order valence-corrected chi connectivity index (χ2v) is 12.1. The minimum atomic E-state index is -5.00. The van der Waals surface area contributed by atoms with Crippen molar-refractivity contribution in [2.45, 2.75) is 72.5 Å². The van der Waals surface area contributed by atoms with Crippen LogP contribution in [0.1, 0.15) is 70.7 Å². The molecule has 1 aliphatic carbocycles. The fourth-order valence-electron chi connectivity index (χ4n) is 4.54. The van der Waals surface area contributed by atoms with E-state index < -0.39 is 58.5 Å². The first kappa shape index (κ1) is 33.5. The molecule has 2 N–H and O–H groups in total. The molecule has 0 spiro atoms. The highest BCUT2D eigenvalue weighted by molar-refractivity contribution is 6.39. The van der Waals surface area contributed by atoms with Gasteiger partial charge in [0.15, 0.2) is 5.78 Å². The fourth-order valence-corrected chi connectivity index (χ4v) is 5.11. The number of alkyl halides is 3. The SMILES string of the molecule is CCOC(=O)[C@]1(C)CC[C@@H](N/C(=C(\C=N)C(=O)N(CC(=O)c2c(Cl)cncc2Cl)CC(C)(C)C)C(F)(F)F)CC1. The lowest BCUT2D eigenvalue weighted by molar-refractivity contribution is -0.156. The van der Waals surface area contributed by atoms with Crippen LogP contribution in [0.5, 0.6) is 0 Å². The molecule has 40 heavy (non-hydrogen) atoms. The quantitative estimate of drug-likeness (QED) is 0.146. The molecule has 0 bridgehead atoms. The van der Waals surface area contributed by atoms with E-state index in [1.54, 1.807) is 34.6 Å². The number of amides is 1. The Balaban J connectivity index is 2.41. The molecule has 1 aromatic heterocycles. The highest BCUT2D eigenvalue weighted by Gasteiger charge is 2.43. The molecule has 1 aromatic rings. The van der Waals surface area contributed by atoms with E-state index >= 15 is 0 Å². The van der Waals surface area contributed by atoms with Gasteiger partial charge in [0.2, 0.25) is 0 Å². The molecule has 8 nitrogen and oxygen atoms in total. The van der Waals surface area contributed by atoms with Crippen molar-refractivity contribution in [1.82, 2.24) is 15.2 Å². The van der Waals surface area contributed by atoms with Crippen molar-refractivity contribution in [2.24, 2.45) is 10.8 Å². The Morgan fingerprint density at radius 1 is 1.18 bits per heavy atom. The molecule has 1 amide bonds. The summed E-state index contributed by atoms with van der Waals surface area (Å²) in [4.78, 5) is 43.7. The first-order valence-corrected chi connectivity index (χ1v) is 13.6. The fraction of sp³-hybridized carbons (Fsp3) is 0.593. The third kappa shape index (κ3) is 8.67. The molecule has 1 fully saturated rings. The van der Waals surface area contributed by atoms with E-state index in [2.05, 4.69) is 10.3 Å². The van der Waals surface area contributed by atoms with Gasteiger partial charge in [0, 0.05) is 31.2 Å². The molecular weight excluding hydrogens is 572 g/mol. The summed E-state index contributed by atoms with van der Waals surface area (Å²) in [6.07, 6.45) is -1.24. The van der Waals surface area contributed by atoms with Crippen LogP contribution in [0.25, 0.3) is 0 Å². The van der Waals surface area contributed by atoms with Gasteiger partial charge in [-0.2, -0.15) is 13.2 Å². The summed E-state index contributed by atoms with van der Waals surface area (Å²) in [5.74, 6) is -2.23. The normalized spacial score (nSPS) is 20.3. The van der Waals surface area contributed by atoms with E-state index in [4.69, 9.17) is 33.3 Å². The number of allylic oxidation sites excluding steroid dienone is 1. The van der Waals surface area contributed by atoms with E-state index in [0.29, 0.717) is 19.1 Å². The molecule has 13 heteroatoms. The molecule has 0 radical (unpaired) electrons. The Labute approximate surface area is 242 Å². The molecule has 0 unspecified atom stereocenters. The summed E-state index contributed by atoms with van der Waals surface area (Å²) in [5.41, 5.74) is -3.83. The molecule has 1 heterocycles. The van der Waals surface area contributed by atoms with Crippen LogP contribution in [-0.2, 0) is 14.3 Å². The topological polar surface area (TPSA) is 112 Å². The van der Waals surface area contributed by atoms with Gasteiger partial charge in [-0.05, 0) is 44.9 Å². The minimum Gasteiger partial charge on any atom is -0.466 e. The van der Waals surface area contributed by atoms with Crippen LogP contribution in [0, 0.1) is 16.2 Å². The van der Waals surface area contributed by atoms with Crippen LogP contribution in [0.15, 0.2) is 23.7 Å². The Bertz CT molecular complexity index is 1140. The average Bonchev–Trinajstić information content (AvgIpc) is 2.83. The van der Waals surface area contributed by atoms with Crippen molar-refractivity contribution in [3.8, 4) is 0 Å². The number of pyridine rings is 1. The van der Waals surface area contributed by atoms with Crippen molar-refractivity contribution in [1.29, 1.82) is 5.41 Å². The lowest BCUT2D eigenvalue weighted by Crippen LogP contribution is -2.46. The number of hydrogen-bond acceptors (Lipinski definition) is 7. The molecule has 2 rings (SSSR count). The second-order valence-electron chi connectivity index (χ2n) is 11.3. The van der Waals surface area contributed by atoms with E-state index in [-0.39, 0.29) is 41.6 Å². The Morgan fingerprint density at radius 2 is 1.73 bits per heavy atom. The first-order valence-electron chi connectivity index (χ1n) is 12.8. The lowest BCUT2D eigenvalue weighted by Gasteiger charge is -2.37. The van der Waals surface area contributed by atoms with Crippen LogP contribution in [-0.4, -0.2) is 65.7 Å². The molecule has 1 saturated carbocycles. The molecule has 0 atom stereocenters. The number of nitrogens with zero attached hydrogens (tertiary/aromatic N) is 2. The van der Waals surface area contributed by atoms with Gasteiger partial charge in [0.05, 0.1) is 39.7 Å². The Hall–Kier alpha value is -2.66. The summed E-state index contributed by atoms with van der Waals surface area (Å²) >= 11 is 12.2. The summed E-state index contributed by atoms with van der Waals surface area (Å²) < 4.78 is 48.0.